The molecule has 0 spiro atoms. The number of carbonyl (C=O) groups excluding carboxylic acids is 1. The van der Waals surface area contributed by atoms with Gasteiger partial charge in [-0.1, -0.05) is 59.6 Å². The van der Waals surface area contributed by atoms with Crippen molar-refractivity contribution in [2.75, 3.05) is 6.61 Å². The molecule has 0 radical (unpaired) electrons. The van der Waals surface area contributed by atoms with Gasteiger partial charge in [-0.25, -0.2) is 5.43 Å². The molecular formula is C30H27ClN2O6S. The van der Waals surface area contributed by atoms with Gasteiger partial charge in [0, 0.05) is 16.1 Å². The van der Waals surface area contributed by atoms with Crippen LogP contribution >= 0.6 is 11.6 Å². The second-order valence-corrected chi connectivity index (χ2v) is 10.6. The number of hydrogen-bond acceptors (Lipinski definition) is 7. The van der Waals surface area contributed by atoms with Gasteiger partial charge in [-0.15, -0.1) is 0 Å². The fourth-order valence-electron chi connectivity index (χ4n) is 3.56. The Morgan fingerprint density at radius 3 is 2.35 bits per heavy atom. The number of hydrogen-bond donors (Lipinski definition) is 1. The predicted octanol–water partition coefficient (Wildman–Crippen LogP) is 6.16. The van der Waals surface area contributed by atoms with Gasteiger partial charge in [0.05, 0.1) is 12.8 Å². The summed E-state index contributed by atoms with van der Waals surface area (Å²) < 4.78 is 42.4. The molecule has 4 aromatic carbocycles. The third-order valence-corrected chi connectivity index (χ3v) is 7.08. The average molecular weight is 579 g/mol. The summed E-state index contributed by atoms with van der Waals surface area (Å²) in [5, 5.41) is 4.31. The molecule has 0 aromatic heterocycles. The van der Waals surface area contributed by atoms with Crippen molar-refractivity contribution in [3.05, 3.63) is 118 Å². The van der Waals surface area contributed by atoms with E-state index >= 15 is 0 Å². The van der Waals surface area contributed by atoms with Gasteiger partial charge in [-0.3, -0.25) is 4.79 Å². The smallest absolute Gasteiger partial charge is 0.339 e. The van der Waals surface area contributed by atoms with Crippen molar-refractivity contribution < 1.29 is 26.9 Å². The largest absolute Gasteiger partial charge is 0.490 e. The van der Waals surface area contributed by atoms with Crippen LogP contribution in [-0.4, -0.2) is 27.1 Å². The number of amides is 1. The predicted molar refractivity (Wildman–Crippen MR) is 154 cm³/mol. The summed E-state index contributed by atoms with van der Waals surface area (Å²) in [6, 6.07) is 25.2. The number of ether oxygens (including phenoxy) is 2. The van der Waals surface area contributed by atoms with E-state index in [-0.39, 0.29) is 21.8 Å². The summed E-state index contributed by atoms with van der Waals surface area (Å²) in [5.41, 5.74) is 4.88. The number of benzene rings is 4. The van der Waals surface area contributed by atoms with E-state index in [1.807, 2.05) is 44.2 Å². The van der Waals surface area contributed by atoms with Crippen LogP contribution in [0.2, 0.25) is 5.02 Å². The van der Waals surface area contributed by atoms with Crippen molar-refractivity contribution >= 4 is 33.8 Å². The van der Waals surface area contributed by atoms with Gasteiger partial charge in [0.15, 0.2) is 17.2 Å². The van der Waals surface area contributed by atoms with Gasteiger partial charge >= 0.3 is 10.1 Å². The van der Waals surface area contributed by atoms with Crippen LogP contribution in [0.25, 0.3) is 0 Å². The fourth-order valence-corrected chi connectivity index (χ4v) is 4.70. The summed E-state index contributed by atoms with van der Waals surface area (Å²) in [5.74, 6) is 0.410. The normalized spacial score (nSPS) is 11.3. The molecule has 0 heterocycles. The molecule has 0 unspecified atom stereocenters. The van der Waals surface area contributed by atoms with Crippen molar-refractivity contribution in [2.24, 2.45) is 5.10 Å². The molecule has 8 nitrogen and oxygen atoms in total. The maximum Gasteiger partial charge on any atom is 0.339 e. The number of halogens is 1. The highest BCUT2D eigenvalue weighted by molar-refractivity contribution is 7.87. The van der Waals surface area contributed by atoms with Crippen molar-refractivity contribution in [1.29, 1.82) is 0 Å². The second-order valence-electron chi connectivity index (χ2n) is 8.60. The molecular weight excluding hydrogens is 552 g/mol. The van der Waals surface area contributed by atoms with Crippen LogP contribution in [0, 0.1) is 6.92 Å². The van der Waals surface area contributed by atoms with Crippen molar-refractivity contribution in [2.45, 2.75) is 25.3 Å². The first-order valence-corrected chi connectivity index (χ1v) is 14.1. The lowest BCUT2D eigenvalue weighted by Gasteiger charge is -2.13. The molecule has 206 valence electrons. The van der Waals surface area contributed by atoms with Crippen LogP contribution in [-0.2, 0) is 16.7 Å². The molecule has 0 aliphatic heterocycles. The lowest BCUT2D eigenvalue weighted by molar-refractivity contribution is 0.0954. The van der Waals surface area contributed by atoms with E-state index in [9.17, 15) is 13.2 Å². The third-order valence-electron chi connectivity index (χ3n) is 5.59. The highest BCUT2D eigenvalue weighted by Gasteiger charge is 2.18. The van der Waals surface area contributed by atoms with E-state index in [0.29, 0.717) is 29.7 Å². The summed E-state index contributed by atoms with van der Waals surface area (Å²) in [6.07, 6.45) is 1.25. The average Bonchev–Trinajstić information content (AvgIpc) is 2.94. The first-order chi connectivity index (χ1) is 19.2. The number of rotatable bonds is 11. The van der Waals surface area contributed by atoms with Gasteiger partial charge in [0.1, 0.15) is 11.5 Å². The van der Waals surface area contributed by atoms with E-state index in [2.05, 4.69) is 10.5 Å². The molecule has 1 amide bonds. The lowest BCUT2D eigenvalue weighted by Crippen LogP contribution is -2.18. The van der Waals surface area contributed by atoms with Crippen LogP contribution in [0.3, 0.4) is 0 Å². The van der Waals surface area contributed by atoms with E-state index in [0.717, 1.165) is 11.1 Å². The highest BCUT2D eigenvalue weighted by Crippen LogP contribution is 2.29. The minimum absolute atomic E-state index is 0.00141. The molecule has 0 saturated carbocycles. The van der Waals surface area contributed by atoms with Crippen molar-refractivity contribution in [1.82, 2.24) is 5.43 Å². The monoisotopic (exact) mass is 578 g/mol. The van der Waals surface area contributed by atoms with E-state index in [1.165, 1.54) is 36.5 Å². The molecule has 0 saturated heterocycles. The van der Waals surface area contributed by atoms with Crippen molar-refractivity contribution in [3.63, 3.8) is 0 Å². The molecule has 0 aliphatic carbocycles. The second kappa shape index (κ2) is 13.1. The highest BCUT2D eigenvalue weighted by atomic mass is 35.5. The maximum atomic E-state index is 12.8. The number of nitrogens with zero attached hydrogens (tertiary/aromatic N) is 1. The number of hydrazone groups is 1. The molecule has 0 fully saturated rings. The SMILES string of the molecule is CCOc1cc(C(=O)N/N=C/c2cc(Cl)ccc2OS(=O)(=O)c2ccc(C)cc2)ccc1OCc1ccccc1. The van der Waals surface area contributed by atoms with Gasteiger partial charge in [0.2, 0.25) is 0 Å². The Balaban J connectivity index is 1.47. The van der Waals surface area contributed by atoms with Crippen LogP contribution in [0.15, 0.2) is 101 Å². The number of nitrogens with one attached hydrogen (secondary N) is 1. The molecule has 10 heteroatoms. The Morgan fingerprint density at radius 1 is 0.900 bits per heavy atom. The van der Waals surface area contributed by atoms with E-state index in [4.69, 9.17) is 25.3 Å². The number of aryl methyl sites for hydroxylation is 1. The van der Waals surface area contributed by atoms with Gasteiger partial charge in [-0.2, -0.15) is 13.5 Å². The fraction of sp³-hybridized carbons (Fsp3) is 0.133. The zero-order valence-corrected chi connectivity index (χ0v) is 23.4. The van der Waals surface area contributed by atoms with E-state index < -0.39 is 16.0 Å². The molecule has 4 rings (SSSR count). The number of carbonyl (C=O) groups is 1. The van der Waals surface area contributed by atoms with E-state index in [1.54, 1.807) is 30.3 Å². The zero-order chi connectivity index (χ0) is 28.5. The first kappa shape index (κ1) is 28.7. The van der Waals surface area contributed by atoms with Gasteiger partial charge in [-0.05, 0) is 67.9 Å². The molecule has 0 atom stereocenters. The van der Waals surface area contributed by atoms with Crippen molar-refractivity contribution in [3.8, 4) is 17.2 Å². The summed E-state index contributed by atoms with van der Waals surface area (Å²) >= 11 is 6.11. The van der Waals surface area contributed by atoms with Crippen LogP contribution in [0.5, 0.6) is 17.2 Å². The zero-order valence-electron chi connectivity index (χ0n) is 21.8. The van der Waals surface area contributed by atoms with Crippen LogP contribution in [0.4, 0.5) is 0 Å². The minimum atomic E-state index is -4.10. The first-order valence-electron chi connectivity index (χ1n) is 12.3. The Bertz CT molecular complexity index is 1610. The third kappa shape index (κ3) is 7.62. The molecule has 0 aliphatic rings. The van der Waals surface area contributed by atoms with Crippen LogP contribution < -0.4 is 19.1 Å². The quantitative estimate of drug-likeness (QED) is 0.130. The molecule has 4 aromatic rings. The topological polar surface area (TPSA) is 103 Å². The van der Waals surface area contributed by atoms with Crippen LogP contribution in [0.1, 0.15) is 34.0 Å². The standard InChI is InChI=1S/C30H27ClN2O6S/c1-3-37-29-18-23(11-15-28(29)38-20-22-7-5-4-6-8-22)30(34)33-32-19-24-17-25(31)12-16-27(24)39-40(35,36)26-13-9-21(2)10-14-26/h4-19H,3,20H2,1-2H3,(H,33,34)/b32-19+. The molecule has 0 bridgehead atoms. The lowest BCUT2D eigenvalue weighted by atomic mass is 10.2. The Kier molecular flexibility index (Phi) is 9.42. The summed E-state index contributed by atoms with van der Waals surface area (Å²) in [4.78, 5) is 12.8. The Labute approximate surface area is 238 Å². The molecule has 40 heavy (non-hydrogen) atoms. The Hall–Kier alpha value is -4.34. The minimum Gasteiger partial charge on any atom is -0.490 e. The maximum absolute atomic E-state index is 12.8. The Morgan fingerprint density at radius 2 is 1.62 bits per heavy atom. The molecule has 1 N–H and O–H groups in total. The summed E-state index contributed by atoms with van der Waals surface area (Å²) in [6.45, 7) is 4.42. The van der Waals surface area contributed by atoms with Gasteiger partial charge in [0.25, 0.3) is 5.91 Å². The summed E-state index contributed by atoms with van der Waals surface area (Å²) in [7, 11) is -4.10. The van der Waals surface area contributed by atoms with Gasteiger partial charge < -0.3 is 13.7 Å².